The molecule has 1 aromatic carbocycles. The highest BCUT2D eigenvalue weighted by Gasteiger charge is 2.22. The number of nitrogens with one attached hydrogen (secondary N) is 3. The molecule has 6 heteroatoms. The van der Waals surface area contributed by atoms with E-state index in [0.29, 0.717) is 19.6 Å². The first-order valence-corrected chi connectivity index (χ1v) is 8.27. The van der Waals surface area contributed by atoms with Gasteiger partial charge in [0.25, 0.3) is 0 Å². The number of hydrogen-bond donors (Lipinski definition) is 3. The number of aromatic nitrogens is 1. The van der Waals surface area contributed by atoms with Crippen LogP contribution in [-0.2, 0) is 16.0 Å². The molecule has 0 saturated carbocycles. The number of aromatic amines is 1. The molecule has 0 fully saturated rings. The smallest absolute Gasteiger partial charge is 0.407 e. The van der Waals surface area contributed by atoms with E-state index in [9.17, 15) is 9.59 Å². The van der Waals surface area contributed by atoms with Crippen LogP contribution >= 0.6 is 0 Å². The molecular formula is C18H25N3O3. The fraction of sp³-hybridized carbons (Fsp3) is 0.444. The maximum atomic E-state index is 12.3. The summed E-state index contributed by atoms with van der Waals surface area (Å²) in [7, 11) is 0. The molecule has 24 heavy (non-hydrogen) atoms. The van der Waals surface area contributed by atoms with E-state index in [-0.39, 0.29) is 11.8 Å². The highest BCUT2D eigenvalue weighted by Crippen LogP contribution is 2.19. The molecule has 130 valence electrons. The molecule has 0 saturated heterocycles. The molecule has 2 amide bonds. The zero-order chi connectivity index (χ0) is 17.5. The van der Waals surface area contributed by atoms with Crippen LogP contribution in [0.3, 0.4) is 0 Å². The molecule has 1 aromatic heterocycles. The first-order valence-electron chi connectivity index (χ1n) is 8.27. The zero-order valence-corrected chi connectivity index (χ0v) is 14.4. The standard InChI is InChI=1S/C18H25N3O3/c1-4-19-17(22)16(21-18(23)24-11-12(2)3)9-13-10-20-15-8-6-5-7-14(13)15/h5-8,10,12,16,20H,4,9,11H2,1-3H3,(H,19,22)(H,21,23)/t16-/m1/s1. The van der Waals surface area contributed by atoms with E-state index in [2.05, 4.69) is 15.6 Å². The van der Waals surface area contributed by atoms with Crippen LogP contribution in [-0.4, -0.2) is 36.2 Å². The summed E-state index contributed by atoms with van der Waals surface area (Å²) in [6.45, 7) is 6.59. The number of H-pyrrole nitrogens is 1. The zero-order valence-electron chi connectivity index (χ0n) is 14.4. The summed E-state index contributed by atoms with van der Waals surface area (Å²) in [5.74, 6) is 0.0246. The largest absolute Gasteiger partial charge is 0.449 e. The topological polar surface area (TPSA) is 83.2 Å². The Kier molecular flexibility index (Phi) is 6.23. The molecule has 2 rings (SSSR count). The molecule has 0 aliphatic carbocycles. The van der Waals surface area contributed by atoms with Crippen molar-refractivity contribution in [1.29, 1.82) is 0 Å². The Hall–Kier alpha value is -2.50. The molecule has 2 aromatic rings. The fourth-order valence-electron chi connectivity index (χ4n) is 2.45. The molecule has 0 aliphatic rings. The molecular weight excluding hydrogens is 306 g/mol. The van der Waals surface area contributed by atoms with Gasteiger partial charge in [0.05, 0.1) is 6.61 Å². The molecule has 0 spiro atoms. The number of fused-ring (bicyclic) bond motifs is 1. The van der Waals surface area contributed by atoms with Gasteiger partial charge in [0.2, 0.25) is 5.91 Å². The number of alkyl carbamates (subject to hydrolysis) is 1. The molecule has 0 bridgehead atoms. The van der Waals surface area contributed by atoms with E-state index in [1.54, 1.807) is 0 Å². The van der Waals surface area contributed by atoms with Crippen molar-refractivity contribution in [2.24, 2.45) is 5.92 Å². The second-order valence-corrected chi connectivity index (χ2v) is 6.15. The minimum absolute atomic E-state index is 0.218. The average molecular weight is 331 g/mol. The van der Waals surface area contributed by atoms with Crippen LogP contribution in [0.5, 0.6) is 0 Å². The summed E-state index contributed by atoms with van der Waals surface area (Å²) in [6, 6.07) is 7.19. The number of ether oxygens (including phenoxy) is 1. The number of benzene rings is 1. The lowest BCUT2D eigenvalue weighted by molar-refractivity contribution is -0.122. The van der Waals surface area contributed by atoms with E-state index >= 15 is 0 Å². The third kappa shape index (κ3) is 4.75. The van der Waals surface area contributed by atoms with Gasteiger partial charge < -0.3 is 20.4 Å². The van der Waals surface area contributed by atoms with Crippen molar-refractivity contribution in [3.05, 3.63) is 36.0 Å². The van der Waals surface area contributed by atoms with Gasteiger partial charge in [-0.3, -0.25) is 4.79 Å². The fourth-order valence-corrected chi connectivity index (χ4v) is 2.45. The maximum absolute atomic E-state index is 12.3. The average Bonchev–Trinajstić information content (AvgIpc) is 2.96. The van der Waals surface area contributed by atoms with Gasteiger partial charge in [-0.2, -0.15) is 0 Å². The number of para-hydroxylation sites is 1. The van der Waals surface area contributed by atoms with E-state index in [0.717, 1.165) is 16.5 Å². The minimum atomic E-state index is -0.677. The number of amides is 2. The van der Waals surface area contributed by atoms with Gasteiger partial charge in [0.15, 0.2) is 0 Å². The predicted molar refractivity (Wildman–Crippen MR) is 93.8 cm³/mol. The van der Waals surface area contributed by atoms with Gasteiger partial charge in [0, 0.05) is 30.1 Å². The van der Waals surface area contributed by atoms with Crippen molar-refractivity contribution in [3.8, 4) is 0 Å². The highest BCUT2D eigenvalue weighted by molar-refractivity contribution is 5.88. The van der Waals surface area contributed by atoms with E-state index in [4.69, 9.17) is 4.74 Å². The Morgan fingerprint density at radius 2 is 2.00 bits per heavy atom. The summed E-state index contributed by atoms with van der Waals surface area (Å²) in [5, 5.41) is 6.48. The van der Waals surface area contributed by atoms with Crippen LogP contribution in [0.1, 0.15) is 26.3 Å². The lowest BCUT2D eigenvalue weighted by Crippen LogP contribution is -2.48. The van der Waals surface area contributed by atoms with Crippen LogP contribution in [0.2, 0.25) is 0 Å². The second-order valence-electron chi connectivity index (χ2n) is 6.15. The Labute approximate surface area is 142 Å². The van der Waals surface area contributed by atoms with Gasteiger partial charge in [-0.05, 0) is 24.5 Å². The van der Waals surface area contributed by atoms with Crippen LogP contribution < -0.4 is 10.6 Å². The molecule has 0 aliphatic heterocycles. The van der Waals surface area contributed by atoms with E-state index in [1.165, 1.54) is 0 Å². The van der Waals surface area contributed by atoms with Gasteiger partial charge in [-0.1, -0.05) is 32.0 Å². The van der Waals surface area contributed by atoms with Crippen LogP contribution in [0.25, 0.3) is 10.9 Å². The maximum Gasteiger partial charge on any atom is 0.407 e. The monoisotopic (exact) mass is 331 g/mol. The third-order valence-corrected chi connectivity index (χ3v) is 3.61. The van der Waals surface area contributed by atoms with E-state index < -0.39 is 12.1 Å². The van der Waals surface area contributed by atoms with Gasteiger partial charge in [0.1, 0.15) is 6.04 Å². The molecule has 3 N–H and O–H groups in total. The number of rotatable bonds is 7. The highest BCUT2D eigenvalue weighted by atomic mass is 16.5. The SMILES string of the molecule is CCNC(=O)[C@@H](Cc1c[nH]c2ccccc12)NC(=O)OCC(C)C. The van der Waals surface area contributed by atoms with Crippen molar-refractivity contribution in [2.45, 2.75) is 33.2 Å². The number of carbonyl (C=O) groups is 2. The Morgan fingerprint density at radius 3 is 2.71 bits per heavy atom. The van der Waals surface area contributed by atoms with E-state index in [1.807, 2.05) is 51.2 Å². The molecule has 0 unspecified atom stereocenters. The van der Waals surface area contributed by atoms with Crippen LogP contribution in [0.15, 0.2) is 30.5 Å². The lowest BCUT2D eigenvalue weighted by atomic mass is 10.0. The van der Waals surface area contributed by atoms with Gasteiger partial charge in [-0.15, -0.1) is 0 Å². The number of likely N-dealkylation sites (N-methyl/N-ethyl adjacent to an activating group) is 1. The molecule has 1 atom stereocenters. The second kappa shape index (κ2) is 8.38. The summed E-state index contributed by atoms with van der Waals surface area (Å²) >= 11 is 0. The first-order chi connectivity index (χ1) is 11.5. The van der Waals surface area contributed by atoms with Crippen molar-refractivity contribution in [1.82, 2.24) is 15.6 Å². The first kappa shape index (κ1) is 17.8. The minimum Gasteiger partial charge on any atom is -0.449 e. The summed E-state index contributed by atoms with van der Waals surface area (Å²) in [4.78, 5) is 27.4. The van der Waals surface area contributed by atoms with Crippen molar-refractivity contribution in [3.63, 3.8) is 0 Å². The third-order valence-electron chi connectivity index (χ3n) is 3.61. The van der Waals surface area contributed by atoms with Crippen LogP contribution in [0.4, 0.5) is 4.79 Å². The molecule has 1 heterocycles. The Morgan fingerprint density at radius 1 is 1.25 bits per heavy atom. The van der Waals surface area contributed by atoms with Crippen molar-refractivity contribution < 1.29 is 14.3 Å². The normalized spacial score (nSPS) is 12.2. The van der Waals surface area contributed by atoms with Gasteiger partial charge in [-0.25, -0.2) is 4.79 Å². The summed E-state index contributed by atoms with van der Waals surface area (Å²) in [6.07, 6.45) is 1.70. The summed E-state index contributed by atoms with van der Waals surface area (Å²) < 4.78 is 5.13. The lowest BCUT2D eigenvalue weighted by Gasteiger charge is -2.18. The number of hydrogen-bond acceptors (Lipinski definition) is 3. The Bertz CT molecular complexity index is 694. The van der Waals surface area contributed by atoms with Crippen molar-refractivity contribution >= 4 is 22.9 Å². The van der Waals surface area contributed by atoms with Gasteiger partial charge >= 0.3 is 6.09 Å². The Balaban J connectivity index is 2.11. The van der Waals surface area contributed by atoms with Crippen molar-refractivity contribution in [2.75, 3.05) is 13.2 Å². The summed E-state index contributed by atoms with van der Waals surface area (Å²) in [5.41, 5.74) is 1.98. The quantitative estimate of drug-likeness (QED) is 0.729. The molecule has 6 nitrogen and oxygen atoms in total. The number of carbonyl (C=O) groups excluding carboxylic acids is 2. The van der Waals surface area contributed by atoms with Crippen LogP contribution in [0, 0.1) is 5.92 Å². The predicted octanol–water partition coefficient (Wildman–Crippen LogP) is 2.60. The molecule has 0 radical (unpaired) electrons.